The molecular weight excluding hydrogens is 725 g/mol. The van der Waals surface area contributed by atoms with Gasteiger partial charge in [0.05, 0.1) is 0 Å². The summed E-state index contributed by atoms with van der Waals surface area (Å²) >= 11 is 0. The van der Waals surface area contributed by atoms with Crippen LogP contribution < -0.4 is 10.4 Å². The lowest BCUT2D eigenvalue weighted by Crippen LogP contribution is -2.49. The van der Waals surface area contributed by atoms with Gasteiger partial charge in [-0.2, -0.15) is 0 Å². The van der Waals surface area contributed by atoms with Crippen molar-refractivity contribution in [1.82, 2.24) is 0 Å². The van der Waals surface area contributed by atoms with E-state index in [1.807, 2.05) is 0 Å². The van der Waals surface area contributed by atoms with Gasteiger partial charge in [0, 0.05) is 0 Å². The number of fused-ring (bicyclic) bond motifs is 5. The second-order valence-electron chi connectivity index (χ2n) is 16.4. The molecular formula is C58H42Si. The van der Waals surface area contributed by atoms with Gasteiger partial charge in [0.25, 0.3) is 0 Å². The molecule has 0 bridgehead atoms. The van der Waals surface area contributed by atoms with Gasteiger partial charge in [-0.1, -0.05) is 225 Å². The van der Waals surface area contributed by atoms with Crippen molar-refractivity contribution in [2.75, 3.05) is 0 Å². The van der Waals surface area contributed by atoms with Crippen molar-refractivity contribution in [3.8, 4) is 77.9 Å². The van der Waals surface area contributed by atoms with Crippen molar-refractivity contribution in [3.05, 3.63) is 218 Å². The largest absolute Gasteiger partial charge is 0.113 e. The van der Waals surface area contributed by atoms with Gasteiger partial charge in [0.1, 0.15) is 8.07 Å². The van der Waals surface area contributed by atoms with E-state index in [4.69, 9.17) is 0 Å². The minimum atomic E-state index is -2.15. The van der Waals surface area contributed by atoms with Crippen molar-refractivity contribution in [2.24, 2.45) is 0 Å². The molecule has 10 aromatic rings. The molecule has 0 aromatic heterocycles. The molecule has 0 aliphatic carbocycles. The number of benzene rings is 10. The van der Waals surface area contributed by atoms with E-state index in [9.17, 15) is 0 Å². The number of rotatable bonds is 6. The molecule has 0 spiro atoms. The average Bonchev–Trinajstić information content (AvgIpc) is 3.52. The zero-order chi connectivity index (χ0) is 39.5. The predicted octanol–water partition coefficient (Wildman–Crippen LogP) is 14.8. The van der Waals surface area contributed by atoms with E-state index in [-0.39, 0.29) is 0 Å². The van der Waals surface area contributed by atoms with E-state index in [0.29, 0.717) is 0 Å². The third-order valence-corrected chi connectivity index (χ3v) is 16.2. The summed E-state index contributed by atoms with van der Waals surface area (Å²) in [6.45, 7) is 5.10. The molecule has 1 aliphatic heterocycles. The van der Waals surface area contributed by atoms with Gasteiger partial charge in [-0.25, -0.2) is 0 Å². The summed E-state index contributed by atoms with van der Waals surface area (Å²) in [5.74, 6) is 0. The molecule has 0 fully saturated rings. The van der Waals surface area contributed by atoms with Crippen molar-refractivity contribution < 1.29 is 0 Å². The van der Waals surface area contributed by atoms with Crippen LogP contribution >= 0.6 is 0 Å². The van der Waals surface area contributed by atoms with Gasteiger partial charge < -0.3 is 0 Å². The van der Waals surface area contributed by atoms with E-state index in [0.717, 1.165) is 0 Å². The first-order chi connectivity index (χ1) is 29.0. The Morgan fingerprint density at radius 3 is 1.14 bits per heavy atom. The number of hydrogen-bond donors (Lipinski definition) is 0. The minimum absolute atomic E-state index is 1.23. The third kappa shape index (κ3) is 5.89. The topological polar surface area (TPSA) is 0 Å². The molecule has 278 valence electrons. The average molecular weight is 767 g/mol. The third-order valence-electron chi connectivity index (χ3n) is 12.7. The van der Waals surface area contributed by atoms with Crippen LogP contribution in [0.2, 0.25) is 13.1 Å². The molecule has 0 radical (unpaired) electrons. The van der Waals surface area contributed by atoms with Crippen molar-refractivity contribution in [1.29, 1.82) is 0 Å². The van der Waals surface area contributed by atoms with Crippen LogP contribution in [-0.4, -0.2) is 8.07 Å². The second kappa shape index (κ2) is 14.1. The van der Waals surface area contributed by atoms with Crippen LogP contribution in [0.25, 0.3) is 99.4 Å². The fraction of sp³-hybridized carbons (Fsp3) is 0.0345. The Hall–Kier alpha value is -7.06. The lowest BCUT2D eigenvalue weighted by Gasteiger charge is -2.23. The summed E-state index contributed by atoms with van der Waals surface area (Å²) in [5, 5.41) is 8.20. The Kier molecular flexibility index (Phi) is 8.39. The highest BCUT2D eigenvalue weighted by atomic mass is 28.3. The maximum atomic E-state index is 2.60. The second-order valence-corrected chi connectivity index (χ2v) is 20.8. The lowest BCUT2D eigenvalue weighted by atomic mass is 9.84. The Morgan fingerprint density at radius 1 is 0.237 bits per heavy atom. The summed E-state index contributed by atoms with van der Waals surface area (Å²) < 4.78 is 0. The monoisotopic (exact) mass is 766 g/mol. The van der Waals surface area contributed by atoms with Crippen molar-refractivity contribution in [2.45, 2.75) is 13.1 Å². The van der Waals surface area contributed by atoms with Crippen LogP contribution in [0.4, 0.5) is 0 Å². The molecule has 0 unspecified atom stereocenters. The zero-order valence-corrected chi connectivity index (χ0v) is 34.3. The van der Waals surface area contributed by atoms with Crippen LogP contribution in [-0.2, 0) is 0 Å². The van der Waals surface area contributed by atoms with Crippen molar-refractivity contribution >= 4 is 40.0 Å². The van der Waals surface area contributed by atoms with E-state index in [2.05, 4.69) is 231 Å². The van der Waals surface area contributed by atoms with Crippen LogP contribution in [0.1, 0.15) is 0 Å². The predicted molar refractivity (Wildman–Crippen MR) is 256 cm³/mol. The standard InChI is InChI=1S/C58H42Si/c1-59(2)55-36-46(48-23-13-12-22-47(48)43-20-10-5-11-21-43)34-35-49(55)52-37-53-54(38-56(52)59)58(45-32-28-42(29-33-45)40-18-8-4-9-19-40)51-25-15-14-24-50(51)57(53)44-30-26-41(27-31-44)39-16-6-3-7-17-39/h3-38H,1-2H3. The van der Waals surface area contributed by atoms with Crippen LogP contribution in [0.15, 0.2) is 218 Å². The van der Waals surface area contributed by atoms with Gasteiger partial charge in [-0.15, -0.1) is 0 Å². The highest BCUT2D eigenvalue weighted by Crippen LogP contribution is 2.46. The van der Waals surface area contributed by atoms with E-state index < -0.39 is 8.07 Å². The van der Waals surface area contributed by atoms with Crippen molar-refractivity contribution in [3.63, 3.8) is 0 Å². The molecule has 10 aromatic carbocycles. The highest BCUT2D eigenvalue weighted by molar-refractivity contribution is 7.04. The van der Waals surface area contributed by atoms with Crippen LogP contribution in [0.5, 0.6) is 0 Å². The van der Waals surface area contributed by atoms with Gasteiger partial charge in [-0.3, -0.25) is 0 Å². The Labute approximate surface area is 347 Å². The first kappa shape index (κ1) is 35.1. The SMILES string of the molecule is C[Si]1(C)c2cc(-c3ccccc3-c3ccccc3)ccc2-c2cc3c(-c4ccc(-c5ccccc5)cc4)c4ccccc4c(-c4ccc(-c5ccccc5)cc4)c3cc21. The molecule has 0 N–H and O–H groups in total. The first-order valence-electron chi connectivity index (χ1n) is 20.7. The lowest BCUT2D eigenvalue weighted by molar-refractivity contribution is 1.59. The summed E-state index contributed by atoms with van der Waals surface area (Å²) in [6.07, 6.45) is 0. The molecule has 1 heteroatoms. The highest BCUT2D eigenvalue weighted by Gasteiger charge is 2.38. The Morgan fingerprint density at radius 2 is 0.610 bits per heavy atom. The van der Waals surface area contributed by atoms with E-state index in [1.54, 1.807) is 0 Å². The minimum Gasteiger partial charge on any atom is -0.0622 e. The molecule has 0 amide bonds. The maximum absolute atomic E-state index is 2.60. The molecule has 0 saturated heterocycles. The summed E-state index contributed by atoms with van der Waals surface area (Å²) in [4.78, 5) is 0. The fourth-order valence-electron chi connectivity index (χ4n) is 9.72. The molecule has 59 heavy (non-hydrogen) atoms. The smallest absolute Gasteiger partial charge is 0.0622 e. The van der Waals surface area contributed by atoms with Gasteiger partial charge in [0.15, 0.2) is 0 Å². The van der Waals surface area contributed by atoms with Crippen LogP contribution in [0.3, 0.4) is 0 Å². The Bertz CT molecular complexity index is 3180. The first-order valence-corrected chi connectivity index (χ1v) is 23.7. The molecule has 0 saturated carbocycles. The molecule has 0 nitrogen and oxygen atoms in total. The normalized spacial score (nSPS) is 12.7. The zero-order valence-electron chi connectivity index (χ0n) is 33.3. The van der Waals surface area contributed by atoms with E-state index in [1.165, 1.54) is 110 Å². The van der Waals surface area contributed by atoms with Gasteiger partial charge in [-0.05, 0) is 116 Å². The summed E-state index contributed by atoms with van der Waals surface area (Å²) in [7, 11) is -2.15. The molecule has 0 atom stereocenters. The number of hydrogen-bond acceptors (Lipinski definition) is 0. The fourth-order valence-corrected chi connectivity index (χ4v) is 12.8. The Balaban J connectivity index is 1.15. The molecule has 1 aliphatic rings. The summed E-state index contributed by atoms with van der Waals surface area (Å²) in [6, 6.07) is 81.0. The van der Waals surface area contributed by atoms with Gasteiger partial charge in [0.2, 0.25) is 0 Å². The molecule has 11 rings (SSSR count). The van der Waals surface area contributed by atoms with E-state index >= 15 is 0 Å². The quantitative estimate of drug-likeness (QED) is 0.117. The summed E-state index contributed by atoms with van der Waals surface area (Å²) in [5.41, 5.74) is 17.8. The molecule has 1 heterocycles. The van der Waals surface area contributed by atoms with Crippen LogP contribution in [0, 0.1) is 0 Å². The van der Waals surface area contributed by atoms with Gasteiger partial charge >= 0.3 is 0 Å². The maximum Gasteiger partial charge on any atom is 0.113 e.